The predicted molar refractivity (Wildman–Crippen MR) is 125 cm³/mol. The molecule has 32 heavy (non-hydrogen) atoms. The second-order valence-corrected chi connectivity index (χ2v) is 9.19. The van der Waals surface area contributed by atoms with E-state index in [9.17, 15) is 9.59 Å². The van der Waals surface area contributed by atoms with Crippen LogP contribution in [0.5, 0.6) is 0 Å². The van der Waals surface area contributed by atoms with Gasteiger partial charge in [-0.15, -0.1) is 0 Å². The molecule has 3 heterocycles. The maximum atomic E-state index is 13.7. The highest BCUT2D eigenvalue weighted by atomic mass is 16.2. The molecule has 1 aromatic carbocycles. The quantitative estimate of drug-likeness (QED) is 0.597. The molecule has 0 unspecified atom stereocenters. The fourth-order valence-corrected chi connectivity index (χ4v) is 5.43. The first-order valence-electron chi connectivity index (χ1n) is 11.6. The van der Waals surface area contributed by atoms with Crippen LogP contribution >= 0.6 is 0 Å². The number of hydrogen-bond acceptors (Lipinski definition) is 3. The molecule has 1 aliphatic carbocycles. The van der Waals surface area contributed by atoms with E-state index in [0.717, 1.165) is 42.8 Å². The van der Waals surface area contributed by atoms with Crippen molar-refractivity contribution in [2.75, 3.05) is 6.54 Å². The number of piperidine rings is 1. The lowest BCUT2D eigenvalue weighted by Gasteiger charge is -2.29. The number of carbonyl (C=O) groups excluding carboxylic acids is 1. The molecule has 5 rings (SSSR count). The molecule has 2 atom stereocenters. The Bertz CT molecular complexity index is 1170. The molecule has 5 nitrogen and oxygen atoms in total. The van der Waals surface area contributed by atoms with E-state index in [0.29, 0.717) is 30.5 Å². The number of fused-ring (bicyclic) bond motifs is 2. The molecule has 2 bridgehead atoms. The van der Waals surface area contributed by atoms with E-state index in [2.05, 4.69) is 21.7 Å². The van der Waals surface area contributed by atoms with Gasteiger partial charge >= 0.3 is 0 Å². The summed E-state index contributed by atoms with van der Waals surface area (Å²) in [5.74, 6) is 0.523. The number of amides is 1. The lowest BCUT2D eigenvalue weighted by molar-refractivity contribution is 0.0700. The van der Waals surface area contributed by atoms with Crippen molar-refractivity contribution >= 4 is 5.91 Å². The zero-order valence-electron chi connectivity index (χ0n) is 18.5. The van der Waals surface area contributed by atoms with Crippen molar-refractivity contribution in [3.63, 3.8) is 0 Å². The van der Waals surface area contributed by atoms with Gasteiger partial charge in [0, 0.05) is 49.0 Å². The zero-order valence-corrected chi connectivity index (χ0v) is 18.5. The first kappa shape index (κ1) is 20.7. The van der Waals surface area contributed by atoms with E-state index in [1.807, 2.05) is 42.2 Å². The number of benzene rings is 1. The van der Waals surface area contributed by atoms with Gasteiger partial charge in [0.1, 0.15) is 5.56 Å². The highest BCUT2D eigenvalue weighted by molar-refractivity contribution is 5.95. The van der Waals surface area contributed by atoms with Crippen LogP contribution in [-0.4, -0.2) is 32.9 Å². The van der Waals surface area contributed by atoms with Crippen molar-refractivity contribution < 1.29 is 4.79 Å². The van der Waals surface area contributed by atoms with Crippen molar-refractivity contribution in [2.24, 2.45) is 5.92 Å². The first-order chi connectivity index (χ1) is 15.6. The third kappa shape index (κ3) is 3.99. The molecular weight excluding hydrogens is 398 g/mol. The Hall–Kier alpha value is -3.21. The van der Waals surface area contributed by atoms with E-state index < -0.39 is 0 Å². The van der Waals surface area contributed by atoms with Gasteiger partial charge in [0.25, 0.3) is 5.91 Å². The minimum Gasteiger partial charge on any atom is -0.343 e. The van der Waals surface area contributed by atoms with Crippen LogP contribution in [0.4, 0.5) is 0 Å². The normalized spacial score (nSPS) is 19.5. The maximum Gasteiger partial charge on any atom is 0.259 e. The lowest BCUT2D eigenvalue weighted by atomic mass is 10.0. The van der Waals surface area contributed by atoms with Crippen LogP contribution in [0.1, 0.15) is 52.1 Å². The molecule has 2 fully saturated rings. The second-order valence-electron chi connectivity index (χ2n) is 9.19. The number of nitrogens with zero attached hydrogens (tertiary/aromatic N) is 3. The van der Waals surface area contributed by atoms with Crippen LogP contribution in [-0.2, 0) is 19.4 Å². The molecule has 2 aliphatic rings. The number of aromatic nitrogens is 2. The van der Waals surface area contributed by atoms with Gasteiger partial charge in [-0.2, -0.15) is 0 Å². The second kappa shape index (κ2) is 8.73. The molecule has 1 saturated heterocycles. The summed E-state index contributed by atoms with van der Waals surface area (Å²) in [6, 6.07) is 16.2. The van der Waals surface area contributed by atoms with Gasteiger partial charge in [0.05, 0.1) is 0 Å². The summed E-state index contributed by atoms with van der Waals surface area (Å²) in [6.07, 6.45) is 8.35. The van der Waals surface area contributed by atoms with Gasteiger partial charge in [0.2, 0.25) is 0 Å². The van der Waals surface area contributed by atoms with Crippen LogP contribution in [0.2, 0.25) is 0 Å². The minimum absolute atomic E-state index is 0.0752. The molecule has 1 saturated carbocycles. The van der Waals surface area contributed by atoms with E-state index >= 15 is 0 Å². The summed E-state index contributed by atoms with van der Waals surface area (Å²) < 4.78 is 2.15. The zero-order chi connectivity index (χ0) is 22.1. The number of pyridine rings is 2. The average molecular weight is 428 g/mol. The van der Waals surface area contributed by atoms with Gasteiger partial charge in [-0.3, -0.25) is 14.6 Å². The van der Waals surface area contributed by atoms with Crippen LogP contribution < -0.4 is 5.43 Å². The summed E-state index contributed by atoms with van der Waals surface area (Å²) in [5, 5.41) is 0. The fourth-order valence-electron chi connectivity index (χ4n) is 5.43. The highest BCUT2D eigenvalue weighted by Crippen LogP contribution is 2.38. The van der Waals surface area contributed by atoms with Crippen molar-refractivity contribution in [1.82, 2.24) is 14.5 Å². The molecule has 0 radical (unpaired) electrons. The number of aryl methyl sites for hydroxylation is 2. The largest absolute Gasteiger partial charge is 0.343 e. The maximum absolute atomic E-state index is 13.7. The third-order valence-electron chi connectivity index (χ3n) is 7.09. The number of hydrogen-bond donors (Lipinski definition) is 0. The Morgan fingerprint density at radius 1 is 1.03 bits per heavy atom. The van der Waals surface area contributed by atoms with E-state index in [1.54, 1.807) is 18.5 Å². The summed E-state index contributed by atoms with van der Waals surface area (Å²) in [5.41, 5.74) is 4.26. The topological polar surface area (TPSA) is 55.2 Å². The van der Waals surface area contributed by atoms with Crippen molar-refractivity contribution in [1.29, 1.82) is 0 Å². The number of likely N-dealkylation sites (tertiary alicyclic amines) is 1. The Labute approximate surface area is 188 Å². The molecule has 3 aromatic rings. The highest BCUT2D eigenvalue weighted by Gasteiger charge is 2.41. The van der Waals surface area contributed by atoms with Crippen LogP contribution in [0.3, 0.4) is 0 Å². The SMILES string of the molecule is Cc1cc(=O)c(C(=O)N2C[C@@H]3CC[C@@H]2C3)c(CCc2ccccc2)n1Cc1ccncc1. The predicted octanol–water partition coefficient (Wildman–Crippen LogP) is 4.01. The Morgan fingerprint density at radius 3 is 2.50 bits per heavy atom. The number of rotatable bonds is 6. The molecule has 1 amide bonds. The molecule has 5 heteroatoms. The Kier molecular flexibility index (Phi) is 5.64. The fraction of sp³-hybridized carbons (Fsp3) is 0.370. The average Bonchev–Trinajstić information content (AvgIpc) is 3.45. The smallest absolute Gasteiger partial charge is 0.259 e. The first-order valence-corrected chi connectivity index (χ1v) is 11.6. The summed E-state index contributed by atoms with van der Waals surface area (Å²) >= 11 is 0. The summed E-state index contributed by atoms with van der Waals surface area (Å²) in [6.45, 7) is 3.37. The summed E-state index contributed by atoms with van der Waals surface area (Å²) in [7, 11) is 0. The van der Waals surface area contributed by atoms with Crippen molar-refractivity contribution in [3.05, 3.63) is 99.2 Å². The molecule has 1 aliphatic heterocycles. The summed E-state index contributed by atoms with van der Waals surface area (Å²) in [4.78, 5) is 33.0. The molecule has 164 valence electrons. The minimum atomic E-state index is -0.149. The molecule has 2 aromatic heterocycles. The Morgan fingerprint density at radius 2 is 1.81 bits per heavy atom. The molecular formula is C27H29N3O2. The van der Waals surface area contributed by atoms with E-state index in [4.69, 9.17) is 0 Å². The monoisotopic (exact) mass is 427 g/mol. The van der Waals surface area contributed by atoms with Gasteiger partial charge < -0.3 is 9.47 Å². The van der Waals surface area contributed by atoms with Crippen LogP contribution in [0, 0.1) is 12.8 Å². The van der Waals surface area contributed by atoms with Gasteiger partial charge in [0.15, 0.2) is 5.43 Å². The van der Waals surface area contributed by atoms with E-state index in [1.165, 1.54) is 12.0 Å². The lowest BCUT2D eigenvalue weighted by Crippen LogP contribution is -2.41. The third-order valence-corrected chi connectivity index (χ3v) is 7.09. The molecule has 0 spiro atoms. The van der Waals surface area contributed by atoms with Gasteiger partial charge in [-0.05, 0) is 68.2 Å². The van der Waals surface area contributed by atoms with Crippen LogP contribution in [0.25, 0.3) is 0 Å². The van der Waals surface area contributed by atoms with Crippen molar-refractivity contribution in [2.45, 2.75) is 51.6 Å². The molecule has 0 N–H and O–H groups in total. The Balaban J connectivity index is 1.56. The van der Waals surface area contributed by atoms with E-state index in [-0.39, 0.29) is 11.3 Å². The van der Waals surface area contributed by atoms with Crippen molar-refractivity contribution in [3.8, 4) is 0 Å². The standard InChI is InChI=1S/C27H29N3O2/c1-19-15-25(31)26(27(32)30-18-22-7-9-23(30)16-22)24(10-8-20-5-3-2-4-6-20)29(19)17-21-11-13-28-14-12-21/h2-6,11-15,22-23H,7-10,16-18H2,1H3/t22-,23-/m1/s1. The van der Waals surface area contributed by atoms with Gasteiger partial charge in [-0.1, -0.05) is 30.3 Å². The van der Waals surface area contributed by atoms with Crippen LogP contribution in [0.15, 0.2) is 65.7 Å². The number of carbonyl (C=O) groups is 1. The van der Waals surface area contributed by atoms with Gasteiger partial charge in [-0.25, -0.2) is 0 Å².